The van der Waals surface area contributed by atoms with Gasteiger partial charge >= 0.3 is 10.5 Å². The predicted molar refractivity (Wildman–Crippen MR) is 92.2 cm³/mol. The quantitative estimate of drug-likeness (QED) is 0.762. The van der Waals surface area contributed by atoms with E-state index in [0.29, 0.717) is 13.2 Å². The van der Waals surface area contributed by atoms with Gasteiger partial charge in [-0.1, -0.05) is 40.3 Å². The average molecular weight is 365 g/mol. The van der Waals surface area contributed by atoms with Crippen molar-refractivity contribution in [1.82, 2.24) is 4.90 Å². The van der Waals surface area contributed by atoms with Crippen molar-refractivity contribution >= 4 is 10.5 Å². The Labute approximate surface area is 147 Å². The summed E-state index contributed by atoms with van der Waals surface area (Å²) in [4.78, 5) is 2.28. The van der Waals surface area contributed by atoms with Crippen LogP contribution in [0.25, 0.3) is 0 Å². The number of ether oxygens (including phenoxy) is 1. The Bertz CT molecular complexity index is 823. The van der Waals surface area contributed by atoms with Gasteiger partial charge in [0, 0.05) is 19.6 Å². The third-order valence-corrected chi connectivity index (χ3v) is 4.60. The van der Waals surface area contributed by atoms with Crippen LogP contribution in [-0.2, 0) is 21.8 Å². The number of halogens is 1. The minimum Gasteiger partial charge on any atom is -0.371 e. The van der Waals surface area contributed by atoms with E-state index < -0.39 is 10.5 Å². The SMILES string of the molecule is Cc1ccccc1C1CN(Cc2ccc(OS(=O)(=O)F)cc2)CCO1. The minimum absolute atomic E-state index is 0.0361. The van der Waals surface area contributed by atoms with Crippen LogP contribution < -0.4 is 4.18 Å². The number of hydrogen-bond acceptors (Lipinski definition) is 5. The molecule has 1 saturated heterocycles. The molecule has 1 aliphatic heterocycles. The van der Waals surface area contributed by atoms with Crippen molar-refractivity contribution in [3.05, 3.63) is 65.2 Å². The maximum absolute atomic E-state index is 12.5. The largest absolute Gasteiger partial charge is 0.488 e. The average Bonchev–Trinajstić information content (AvgIpc) is 2.56. The Morgan fingerprint density at radius 2 is 1.92 bits per heavy atom. The van der Waals surface area contributed by atoms with Crippen molar-refractivity contribution in [2.24, 2.45) is 0 Å². The molecule has 2 aromatic carbocycles. The molecule has 0 aliphatic carbocycles. The molecule has 1 aliphatic rings. The highest BCUT2D eigenvalue weighted by Crippen LogP contribution is 2.26. The first-order valence-electron chi connectivity index (χ1n) is 8.03. The standard InChI is InChI=1S/C18H20FNO4S/c1-14-4-2-3-5-17(14)18-13-20(10-11-23-18)12-15-6-8-16(9-7-15)24-25(19,21)22/h2-9,18H,10-13H2,1H3. The monoisotopic (exact) mass is 365 g/mol. The van der Waals surface area contributed by atoms with Crippen LogP contribution in [0.3, 0.4) is 0 Å². The topological polar surface area (TPSA) is 55.8 Å². The molecule has 25 heavy (non-hydrogen) atoms. The summed E-state index contributed by atoms with van der Waals surface area (Å²) in [5.74, 6) is -0.0361. The van der Waals surface area contributed by atoms with Crippen LogP contribution in [0.4, 0.5) is 3.89 Å². The molecular weight excluding hydrogens is 345 g/mol. The van der Waals surface area contributed by atoms with E-state index >= 15 is 0 Å². The molecule has 0 bridgehead atoms. The van der Waals surface area contributed by atoms with Gasteiger partial charge in [0.25, 0.3) is 0 Å². The van der Waals surface area contributed by atoms with Gasteiger partial charge in [0.2, 0.25) is 0 Å². The van der Waals surface area contributed by atoms with Crippen LogP contribution in [0.15, 0.2) is 48.5 Å². The Morgan fingerprint density at radius 3 is 2.60 bits per heavy atom. The lowest BCUT2D eigenvalue weighted by atomic mass is 10.0. The first-order chi connectivity index (χ1) is 11.9. The van der Waals surface area contributed by atoms with Crippen LogP contribution in [0.1, 0.15) is 22.8 Å². The fourth-order valence-corrected chi connectivity index (χ4v) is 3.35. The Balaban J connectivity index is 1.64. The van der Waals surface area contributed by atoms with Crippen LogP contribution in [0.2, 0.25) is 0 Å². The summed E-state index contributed by atoms with van der Waals surface area (Å²) in [6, 6.07) is 14.6. The summed E-state index contributed by atoms with van der Waals surface area (Å²) in [5, 5.41) is 0. The summed E-state index contributed by atoms with van der Waals surface area (Å²) in [7, 11) is -4.99. The Hall–Kier alpha value is -1.96. The van der Waals surface area contributed by atoms with Gasteiger partial charge in [0.05, 0.1) is 12.7 Å². The Morgan fingerprint density at radius 1 is 1.20 bits per heavy atom. The lowest BCUT2D eigenvalue weighted by Crippen LogP contribution is -2.38. The summed E-state index contributed by atoms with van der Waals surface area (Å²) < 4.78 is 43.6. The number of nitrogens with zero attached hydrogens (tertiary/aromatic N) is 1. The van der Waals surface area contributed by atoms with Crippen LogP contribution in [0, 0.1) is 6.92 Å². The lowest BCUT2D eigenvalue weighted by molar-refractivity contribution is -0.0332. The molecule has 3 rings (SSSR count). The van der Waals surface area contributed by atoms with Crippen molar-refractivity contribution in [2.75, 3.05) is 19.7 Å². The first kappa shape index (κ1) is 17.8. The highest BCUT2D eigenvalue weighted by molar-refractivity contribution is 7.81. The van der Waals surface area contributed by atoms with E-state index in [1.165, 1.54) is 23.3 Å². The summed E-state index contributed by atoms with van der Waals surface area (Å²) >= 11 is 0. The highest BCUT2D eigenvalue weighted by Gasteiger charge is 2.23. The van der Waals surface area contributed by atoms with Crippen molar-refractivity contribution in [3.63, 3.8) is 0 Å². The molecule has 0 saturated carbocycles. The third-order valence-electron chi connectivity index (χ3n) is 4.21. The van der Waals surface area contributed by atoms with E-state index in [2.05, 4.69) is 28.1 Å². The second kappa shape index (κ2) is 7.51. The molecule has 0 amide bonds. The van der Waals surface area contributed by atoms with Crippen molar-refractivity contribution in [3.8, 4) is 5.75 Å². The molecule has 5 nitrogen and oxygen atoms in total. The van der Waals surface area contributed by atoms with Crippen molar-refractivity contribution in [1.29, 1.82) is 0 Å². The molecule has 2 aromatic rings. The molecule has 1 fully saturated rings. The van der Waals surface area contributed by atoms with Crippen molar-refractivity contribution in [2.45, 2.75) is 19.6 Å². The summed E-state index contributed by atoms with van der Waals surface area (Å²) in [5.41, 5.74) is 3.40. The van der Waals surface area contributed by atoms with E-state index in [9.17, 15) is 12.3 Å². The smallest absolute Gasteiger partial charge is 0.371 e. The van der Waals surface area contributed by atoms with Crippen LogP contribution in [0.5, 0.6) is 5.75 Å². The van der Waals surface area contributed by atoms with E-state index in [1.54, 1.807) is 12.1 Å². The van der Waals surface area contributed by atoms with Crippen LogP contribution >= 0.6 is 0 Å². The number of rotatable bonds is 5. The second-order valence-corrected chi connectivity index (χ2v) is 7.02. The van der Waals surface area contributed by atoms with Gasteiger partial charge < -0.3 is 8.92 Å². The zero-order valence-corrected chi connectivity index (χ0v) is 14.7. The minimum atomic E-state index is -4.99. The van der Waals surface area contributed by atoms with E-state index in [0.717, 1.165) is 18.7 Å². The summed E-state index contributed by atoms with van der Waals surface area (Å²) in [6.07, 6.45) is 0.0363. The zero-order valence-electron chi connectivity index (χ0n) is 13.9. The maximum atomic E-state index is 12.5. The highest BCUT2D eigenvalue weighted by atomic mass is 32.3. The van der Waals surface area contributed by atoms with Gasteiger partial charge in [-0.05, 0) is 35.7 Å². The second-order valence-electron chi connectivity index (χ2n) is 6.07. The van der Waals surface area contributed by atoms with Gasteiger partial charge in [-0.25, -0.2) is 0 Å². The fourth-order valence-electron chi connectivity index (χ4n) is 3.01. The van der Waals surface area contributed by atoms with Crippen molar-refractivity contribution < 1.29 is 21.2 Å². The lowest BCUT2D eigenvalue weighted by Gasteiger charge is -2.33. The maximum Gasteiger partial charge on any atom is 0.488 e. The van der Waals surface area contributed by atoms with E-state index in [4.69, 9.17) is 4.74 Å². The molecule has 0 aromatic heterocycles. The fraction of sp³-hybridized carbons (Fsp3) is 0.333. The van der Waals surface area contributed by atoms with E-state index in [1.807, 2.05) is 12.1 Å². The van der Waals surface area contributed by atoms with Gasteiger partial charge in [-0.15, -0.1) is 0 Å². The third kappa shape index (κ3) is 5.01. The molecule has 0 spiro atoms. The molecule has 7 heteroatoms. The first-order valence-corrected chi connectivity index (χ1v) is 9.34. The molecule has 1 unspecified atom stereocenters. The molecular formula is C18H20FNO4S. The van der Waals surface area contributed by atoms with Gasteiger partial charge in [-0.3, -0.25) is 4.90 Å². The number of benzene rings is 2. The van der Waals surface area contributed by atoms with Gasteiger partial charge in [-0.2, -0.15) is 8.42 Å². The van der Waals surface area contributed by atoms with Gasteiger partial charge in [0.1, 0.15) is 5.75 Å². The van der Waals surface area contributed by atoms with Gasteiger partial charge in [0.15, 0.2) is 0 Å². The number of morpholine rings is 1. The van der Waals surface area contributed by atoms with E-state index in [-0.39, 0.29) is 11.9 Å². The molecule has 1 atom stereocenters. The molecule has 0 N–H and O–H groups in total. The predicted octanol–water partition coefficient (Wildman–Crippen LogP) is 3.16. The normalized spacial score (nSPS) is 18.9. The van der Waals surface area contributed by atoms with Crippen LogP contribution in [-0.4, -0.2) is 33.0 Å². The number of aryl methyl sites for hydroxylation is 1. The Kier molecular flexibility index (Phi) is 5.36. The molecule has 134 valence electrons. The zero-order chi connectivity index (χ0) is 17.9. The molecule has 1 heterocycles. The molecule has 0 radical (unpaired) electrons. The number of hydrogen-bond donors (Lipinski definition) is 0. The summed E-state index contributed by atoms with van der Waals surface area (Å²) in [6.45, 7) is 5.03.